The van der Waals surface area contributed by atoms with Gasteiger partial charge in [0.05, 0.1) is 17.7 Å². The Balaban J connectivity index is 1.93. The SMILES string of the molecule is CC1(C)OCC2=C(C1=O)C(c1ccc(F)c(Br)c1)C1=C(COCC1=O)N2. The van der Waals surface area contributed by atoms with Crippen LogP contribution in [0.25, 0.3) is 0 Å². The van der Waals surface area contributed by atoms with E-state index >= 15 is 0 Å². The second-order valence-electron chi connectivity index (χ2n) is 7.06. The molecule has 1 aromatic rings. The standard InChI is InChI=1S/C19H17BrFNO4/c1-19(2)18(24)17-13(7-26-19)22-12-6-25-8-14(23)16(12)15(17)9-3-4-11(21)10(20)5-9/h3-5,15,22H,6-8H2,1-2H3. The van der Waals surface area contributed by atoms with E-state index in [-0.39, 0.29) is 35.9 Å². The third kappa shape index (κ3) is 2.66. The molecular weight excluding hydrogens is 405 g/mol. The van der Waals surface area contributed by atoms with Crippen molar-refractivity contribution in [3.8, 4) is 0 Å². The van der Waals surface area contributed by atoms with Crippen molar-refractivity contribution >= 4 is 27.5 Å². The van der Waals surface area contributed by atoms with E-state index in [0.29, 0.717) is 28.1 Å². The molecule has 1 N–H and O–H groups in total. The van der Waals surface area contributed by atoms with E-state index in [1.165, 1.54) is 6.07 Å². The lowest BCUT2D eigenvalue weighted by Crippen LogP contribution is -2.48. The first kappa shape index (κ1) is 17.6. The lowest BCUT2D eigenvalue weighted by atomic mass is 9.73. The topological polar surface area (TPSA) is 64.6 Å². The molecule has 7 heteroatoms. The number of ketones is 2. The fraction of sp³-hybridized carbons (Fsp3) is 0.368. The first-order chi connectivity index (χ1) is 12.3. The van der Waals surface area contributed by atoms with Gasteiger partial charge in [0.1, 0.15) is 18.0 Å². The van der Waals surface area contributed by atoms with E-state index < -0.39 is 17.3 Å². The monoisotopic (exact) mass is 421 g/mol. The number of carbonyl (C=O) groups excluding carboxylic acids is 2. The van der Waals surface area contributed by atoms with Crippen LogP contribution in [0.15, 0.2) is 45.2 Å². The number of hydrogen-bond acceptors (Lipinski definition) is 5. The Bertz CT molecular complexity index is 903. The summed E-state index contributed by atoms with van der Waals surface area (Å²) in [7, 11) is 0. The summed E-state index contributed by atoms with van der Waals surface area (Å²) in [5.74, 6) is -1.32. The van der Waals surface area contributed by atoms with Crippen LogP contribution in [-0.2, 0) is 19.1 Å². The zero-order valence-electron chi connectivity index (χ0n) is 14.3. The van der Waals surface area contributed by atoms with Gasteiger partial charge in [-0.25, -0.2) is 4.39 Å². The van der Waals surface area contributed by atoms with Gasteiger partial charge >= 0.3 is 0 Å². The van der Waals surface area contributed by atoms with Crippen LogP contribution in [0.2, 0.25) is 0 Å². The highest BCUT2D eigenvalue weighted by molar-refractivity contribution is 9.10. The Morgan fingerprint density at radius 3 is 2.62 bits per heavy atom. The number of Topliss-reactive ketones (excluding diaryl/α,β-unsaturated/α-hetero) is 2. The van der Waals surface area contributed by atoms with Crippen LogP contribution in [0.3, 0.4) is 0 Å². The third-order valence-corrected chi connectivity index (χ3v) is 5.56. The number of hydrogen-bond donors (Lipinski definition) is 1. The molecule has 5 nitrogen and oxygen atoms in total. The predicted octanol–water partition coefficient (Wildman–Crippen LogP) is 2.76. The Hall–Kier alpha value is -1.83. The molecule has 0 saturated carbocycles. The van der Waals surface area contributed by atoms with Gasteiger partial charge in [0, 0.05) is 28.5 Å². The van der Waals surface area contributed by atoms with Gasteiger partial charge in [-0.3, -0.25) is 9.59 Å². The summed E-state index contributed by atoms with van der Waals surface area (Å²) >= 11 is 3.20. The zero-order valence-corrected chi connectivity index (χ0v) is 15.9. The summed E-state index contributed by atoms with van der Waals surface area (Å²) in [5, 5.41) is 3.16. The van der Waals surface area contributed by atoms with Crippen molar-refractivity contribution in [2.75, 3.05) is 19.8 Å². The molecule has 0 fully saturated rings. The second kappa shape index (κ2) is 6.11. The first-order valence-electron chi connectivity index (χ1n) is 8.27. The van der Waals surface area contributed by atoms with Crippen LogP contribution >= 0.6 is 15.9 Å². The molecule has 0 amide bonds. The van der Waals surface area contributed by atoms with Crippen molar-refractivity contribution < 1.29 is 23.5 Å². The summed E-state index contributed by atoms with van der Waals surface area (Å²) in [6.45, 7) is 3.89. The van der Waals surface area contributed by atoms with Gasteiger partial charge in [-0.2, -0.15) is 0 Å². The molecule has 1 unspecified atom stereocenters. The van der Waals surface area contributed by atoms with Crippen LogP contribution in [0.4, 0.5) is 4.39 Å². The van der Waals surface area contributed by atoms with Gasteiger partial charge in [0.2, 0.25) is 0 Å². The van der Waals surface area contributed by atoms with Crippen molar-refractivity contribution in [2.45, 2.75) is 25.4 Å². The average molecular weight is 422 g/mol. The normalized spacial score (nSPS) is 25.0. The van der Waals surface area contributed by atoms with E-state index in [1.807, 2.05) is 0 Å². The smallest absolute Gasteiger partial charge is 0.192 e. The molecule has 1 atom stereocenters. The fourth-order valence-corrected chi connectivity index (χ4v) is 4.02. The Morgan fingerprint density at radius 2 is 1.88 bits per heavy atom. The minimum Gasteiger partial charge on any atom is -0.367 e. The van der Waals surface area contributed by atoms with Crippen LogP contribution in [0.5, 0.6) is 0 Å². The van der Waals surface area contributed by atoms with E-state index in [9.17, 15) is 14.0 Å². The van der Waals surface area contributed by atoms with Crippen molar-refractivity contribution in [3.05, 3.63) is 56.6 Å². The minimum absolute atomic E-state index is 0.0317. The summed E-state index contributed by atoms with van der Waals surface area (Å²) in [5.41, 5.74) is 2.00. The van der Waals surface area contributed by atoms with Crippen molar-refractivity contribution in [2.24, 2.45) is 0 Å². The highest BCUT2D eigenvalue weighted by Gasteiger charge is 2.46. The number of nitrogens with one attached hydrogen (secondary N) is 1. The quantitative estimate of drug-likeness (QED) is 0.754. The van der Waals surface area contributed by atoms with Gasteiger partial charge in [0.25, 0.3) is 0 Å². The molecule has 0 bridgehead atoms. The fourth-order valence-electron chi connectivity index (χ4n) is 3.63. The molecular formula is C19H17BrFNO4. The molecule has 0 aliphatic carbocycles. The van der Waals surface area contributed by atoms with Crippen LogP contribution in [0.1, 0.15) is 25.3 Å². The molecule has 1 aromatic carbocycles. The Labute approximate surface area is 158 Å². The zero-order chi connectivity index (χ0) is 18.6. The maximum absolute atomic E-state index is 13.8. The van der Waals surface area contributed by atoms with E-state index in [0.717, 1.165) is 0 Å². The van der Waals surface area contributed by atoms with Gasteiger partial charge < -0.3 is 14.8 Å². The molecule has 26 heavy (non-hydrogen) atoms. The average Bonchev–Trinajstić information content (AvgIpc) is 2.60. The third-order valence-electron chi connectivity index (χ3n) is 4.96. The van der Waals surface area contributed by atoms with Gasteiger partial charge in [-0.15, -0.1) is 0 Å². The predicted molar refractivity (Wildman–Crippen MR) is 94.9 cm³/mol. The van der Waals surface area contributed by atoms with Crippen molar-refractivity contribution in [1.29, 1.82) is 0 Å². The number of halogens is 2. The summed E-state index contributed by atoms with van der Waals surface area (Å²) in [6, 6.07) is 4.57. The van der Waals surface area contributed by atoms with Crippen LogP contribution in [-0.4, -0.2) is 37.0 Å². The molecule has 3 aliphatic rings. The largest absolute Gasteiger partial charge is 0.367 e. The van der Waals surface area contributed by atoms with Gasteiger partial charge in [-0.05, 0) is 47.5 Å². The minimum atomic E-state index is -0.984. The highest BCUT2D eigenvalue weighted by atomic mass is 79.9. The second-order valence-corrected chi connectivity index (χ2v) is 7.91. The molecule has 136 valence electrons. The molecule has 3 heterocycles. The van der Waals surface area contributed by atoms with Crippen LogP contribution < -0.4 is 5.32 Å². The number of carbonyl (C=O) groups is 2. The molecule has 0 radical (unpaired) electrons. The van der Waals surface area contributed by atoms with Gasteiger partial charge in [0.15, 0.2) is 11.6 Å². The molecule has 0 aromatic heterocycles. The molecule has 0 spiro atoms. The van der Waals surface area contributed by atoms with Gasteiger partial charge in [-0.1, -0.05) is 6.07 Å². The molecule has 3 aliphatic heterocycles. The lowest BCUT2D eigenvalue weighted by Gasteiger charge is -2.41. The van der Waals surface area contributed by atoms with Crippen molar-refractivity contribution in [3.63, 3.8) is 0 Å². The first-order valence-corrected chi connectivity index (χ1v) is 9.06. The Kier molecular flexibility index (Phi) is 4.13. The Morgan fingerprint density at radius 1 is 1.15 bits per heavy atom. The highest BCUT2D eigenvalue weighted by Crippen LogP contribution is 2.44. The number of benzene rings is 1. The maximum atomic E-state index is 13.8. The number of dihydropyridines is 1. The van der Waals surface area contributed by atoms with Crippen LogP contribution in [0, 0.1) is 5.82 Å². The maximum Gasteiger partial charge on any atom is 0.192 e. The summed E-state index contributed by atoms with van der Waals surface area (Å²) in [4.78, 5) is 25.8. The van der Waals surface area contributed by atoms with E-state index in [4.69, 9.17) is 9.47 Å². The van der Waals surface area contributed by atoms with E-state index in [2.05, 4.69) is 21.2 Å². The summed E-state index contributed by atoms with van der Waals surface area (Å²) < 4.78 is 25.1. The number of rotatable bonds is 1. The lowest BCUT2D eigenvalue weighted by molar-refractivity contribution is -0.138. The molecule has 0 saturated heterocycles. The molecule has 4 rings (SSSR count). The van der Waals surface area contributed by atoms with E-state index in [1.54, 1.807) is 26.0 Å². The number of ether oxygens (including phenoxy) is 2. The summed E-state index contributed by atoms with van der Waals surface area (Å²) in [6.07, 6.45) is 0. The van der Waals surface area contributed by atoms with Crippen molar-refractivity contribution in [1.82, 2.24) is 5.32 Å².